The van der Waals surface area contributed by atoms with E-state index < -0.39 is 17.7 Å². The van der Waals surface area contributed by atoms with Crippen molar-refractivity contribution >= 4 is 27.6 Å². The molecule has 0 aliphatic carbocycles. The summed E-state index contributed by atoms with van der Waals surface area (Å²) in [7, 11) is 0. The minimum atomic E-state index is -4.43. The first-order chi connectivity index (χ1) is 8.30. The van der Waals surface area contributed by atoms with Crippen molar-refractivity contribution < 1.29 is 23.1 Å². The summed E-state index contributed by atoms with van der Waals surface area (Å²) >= 11 is 3.09. The number of carboxylic acids is 1. The van der Waals surface area contributed by atoms with Crippen LogP contribution in [0.4, 0.5) is 18.9 Å². The van der Waals surface area contributed by atoms with Crippen LogP contribution in [0.5, 0.6) is 0 Å². The van der Waals surface area contributed by atoms with Crippen LogP contribution in [-0.4, -0.2) is 17.6 Å². The highest BCUT2D eigenvalue weighted by Crippen LogP contribution is 2.36. The zero-order chi connectivity index (χ0) is 13.8. The number of anilines is 1. The summed E-state index contributed by atoms with van der Waals surface area (Å²) in [6.45, 7) is 0.172. The van der Waals surface area contributed by atoms with Crippen LogP contribution >= 0.6 is 15.9 Å². The summed E-state index contributed by atoms with van der Waals surface area (Å²) in [4.78, 5) is 10.3. The Hall–Kier alpha value is -1.24. The number of hydrogen-bond acceptors (Lipinski definition) is 2. The van der Waals surface area contributed by atoms with Crippen LogP contribution in [0.25, 0.3) is 0 Å². The number of carbonyl (C=O) groups is 1. The van der Waals surface area contributed by atoms with Crippen LogP contribution in [0.15, 0.2) is 22.7 Å². The summed E-state index contributed by atoms with van der Waals surface area (Å²) in [6.07, 6.45) is -4.25. The van der Waals surface area contributed by atoms with E-state index in [0.29, 0.717) is 4.47 Å². The van der Waals surface area contributed by atoms with Gasteiger partial charge in [0.25, 0.3) is 0 Å². The Morgan fingerprint density at radius 3 is 2.61 bits per heavy atom. The molecule has 0 amide bonds. The summed E-state index contributed by atoms with van der Waals surface area (Å²) < 4.78 is 38.5. The average molecular weight is 326 g/mol. The summed E-state index contributed by atoms with van der Waals surface area (Å²) in [5.41, 5.74) is -0.816. The maximum Gasteiger partial charge on any atom is 0.418 e. The predicted octanol–water partition coefficient (Wildman–Crippen LogP) is 3.74. The Balaban J connectivity index is 2.74. The molecule has 0 aliphatic rings. The molecule has 0 fully saturated rings. The van der Waals surface area contributed by atoms with Crippen LogP contribution < -0.4 is 5.32 Å². The highest BCUT2D eigenvalue weighted by molar-refractivity contribution is 9.10. The molecule has 0 bridgehead atoms. The number of nitrogens with one attached hydrogen (secondary N) is 1. The molecule has 2 N–H and O–H groups in total. The van der Waals surface area contributed by atoms with E-state index in [4.69, 9.17) is 5.11 Å². The van der Waals surface area contributed by atoms with E-state index in [0.717, 1.165) is 6.07 Å². The third-order valence-corrected chi connectivity index (χ3v) is 2.66. The second-order valence-corrected chi connectivity index (χ2v) is 4.53. The maximum atomic E-state index is 12.7. The fraction of sp³-hybridized carbons (Fsp3) is 0.364. The molecule has 0 aliphatic heterocycles. The van der Waals surface area contributed by atoms with E-state index in [2.05, 4.69) is 21.2 Å². The lowest BCUT2D eigenvalue weighted by Gasteiger charge is -2.14. The number of hydrogen-bond donors (Lipinski definition) is 2. The smallest absolute Gasteiger partial charge is 0.418 e. The molecule has 0 atom stereocenters. The molecular formula is C11H11BrF3NO2. The standard InChI is InChI=1S/C11H11BrF3NO2/c12-7-3-4-8(11(13,14)15)9(6-7)16-5-1-2-10(17)18/h3-4,6,16H,1-2,5H2,(H,17,18). The molecule has 0 aromatic heterocycles. The van der Waals surface area contributed by atoms with Crippen molar-refractivity contribution in [3.05, 3.63) is 28.2 Å². The van der Waals surface area contributed by atoms with Crippen LogP contribution in [0.2, 0.25) is 0 Å². The fourth-order valence-electron chi connectivity index (χ4n) is 1.37. The summed E-state index contributed by atoms with van der Waals surface area (Å²) in [5, 5.41) is 11.0. The van der Waals surface area contributed by atoms with Gasteiger partial charge in [0.15, 0.2) is 0 Å². The molecule has 100 valence electrons. The third-order valence-electron chi connectivity index (χ3n) is 2.17. The molecule has 0 heterocycles. The van der Waals surface area contributed by atoms with Crippen LogP contribution in [-0.2, 0) is 11.0 Å². The Kier molecular flexibility index (Phi) is 5.01. The second kappa shape index (κ2) is 6.08. The van der Waals surface area contributed by atoms with Gasteiger partial charge in [-0.25, -0.2) is 0 Å². The highest BCUT2D eigenvalue weighted by Gasteiger charge is 2.33. The number of carboxylic acid groups (broad SMARTS) is 1. The van der Waals surface area contributed by atoms with Gasteiger partial charge < -0.3 is 10.4 Å². The van der Waals surface area contributed by atoms with Gasteiger partial charge in [0.2, 0.25) is 0 Å². The van der Waals surface area contributed by atoms with Crippen molar-refractivity contribution in [2.75, 3.05) is 11.9 Å². The van der Waals surface area contributed by atoms with E-state index >= 15 is 0 Å². The quantitative estimate of drug-likeness (QED) is 0.811. The molecule has 0 saturated carbocycles. The molecule has 0 unspecified atom stereocenters. The van der Waals surface area contributed by atoms with E-state index in [1.165, 1.54) is 12.1 Å². The average Bonchev–Trinajstić information content (AvgIpc) is 2.22. The lowest BCUT2D eigenvalue weighted by atomic mass is 10.1. The van der Waals surface area contributed by atoms with Crippen LogP contribution in [0.1, 0.15) is 18.4 Å². The Morgan fingerprint density at radius 2 is 2.06 bits per heavy atom. The molecule has 1 rings (SSSR count). The first-order valence-electron chi connectivity index (χ1n) is 5.13. The molecule has 7 heteroatoms. The van der Waals surface area contributed by atoms with Crippen LogP contribution in [0, 0.1) is 0 Å². The molecule has 1 aromatic rings. The highest BCUT2D eigenvalue weighted by atomic mass is 79.9. The lowest BCUT2D eigenvalue weighted by molar-refractivity contribution is -0.138. The summed E-state index contributed by atoms with van der Waals surface area (Å²) in [5.74, 6) is -0.970. The summed E-state index contributed by atoms with van der Waals surface area (Å²) in [6, 6.07) is 3.61. The normalized spacial score (nSPS) is 11.3. The van der Waals surface area contributed by atoms with Gasteiger partial charge in [-0.15, -0.1) is 0 Å². The predicted molar refractivity (Wildman–Crippen MR) is 64.5 cm³/mol. The van der Waals surface area contributed by atoms with E-state index in [1.807, 2.05) is 0 Å². The van der Waals surface area contributed by atoms with Gasteiger partial charge in [0.1, 0.15) is 0 Å². The van der Waals surface area contributed by atoms with Gasteiger partial charge in [-0.3, -0.25) is 4.79 Å². The van der Waals surface area contributed by atoms with Gasteiger partial charge in [0, 0.05) is 23.1 Å². The van der Waals surface area contributed by atoms with Gasteiger partial charge in [-0.05, 0) is 24.6 Å². The Morgan fingerprint density at radius 1 is 1.39 bits per heavy atom. The molecular weight excluding hydrogens is 315 g/mol. The largest absolute Gasteiger partial charge is 0.481 e. The van der Waals surface area contributed by atoms with E-state index in [-0.39, 0.29) is 25.1 Å². The molecule has 1 aromatic carbocycles. The van der Waals surface area contributed by atoms with Crippen molar-refractivity contribution in [3.8, 4) is 0 Å². The zero-order valence-corrected chi connectivity index (χ0v) is 10.8. The SMILES string of the molecule is O=C(O)CCCNc1cc(Br)ccc1C(F)(F)F. The number of aliphatic carboxylic acids is 1. The van der Waals surface area contributed by atoms with Crippen LogP contribution in [0.3, 0.4) is 0 Å². The monoisotopic (exact) mass is 325 g/mol. The maximum absolute atomic E-state index is 12.7. The van der Waals surface area contributed by atoms with Gasteiger partial charge >= 0.3 is 12.1 Å². The van der Waals surface area contributed by atoms with Gasteiger partial charge in [-0.1, -0.05) is 15.9 Å². The lowest BCUT2D eigenvalue weighted by Crippen LogP contribution is -2.12. The number of rotatable bonds is 5. The van der Waals surface area contributed by atoms with E-state index in [9.17, 15) is 18.0 Å². The first-order valence-corrected chi connectivity index (χ1v) is 5.92. The van der Waals surface area contributed by atoms with Gasteiger partial charge in [0.05, 0.1) is 5.56 Å². The van der Waals surface area contributed by atoms with Crippen molar-refractivity contribution in [3.63, 3.8) is 0 Å². The Labute approximate surface area is 110 Å². The van der Waals surface area contributed by atoms with E-state index in [1.54, 1.807) is 0 Å². The molecule has 0 radical (unpaired) electrons. The number of halogens is 4. The topological polar surface area (TPSA) is 49.3 Å². The zero-order valence-electron chi connectivity index (χ0n) is 9.22. The second-order valence-electron chi connectivity index (χ2n) is 3.61. The first kappa shape index (κ1) is 14.8. The van der Waals surface area contributed by atoms with Gasteiger partial charge in [-0.2, -0.15) is 13.2 Å². The minimum absolute atomic E-state index is 0.0535. The number of alkyl halides is 3. The van der Waals surface area contributed by atoms with Crippen molar-refractivity contribution in [2.24, 2.45) is 0 Å². The molecule has 0 saturated heterocycles. The van der Waals surface area contributed by atoms with Crippen molar-refractivity contribution in [1.82, 2.24) is 0 Å². The number of benzene rings is 1. The fourth-order valence-corrected chi connectivity index (χ4v) is 1.73. The van der Waals surface area contributed by atoms with Crippen molar-refractivity contribution in [2.45, 2.75) is 19.0 Å². The Bertz CT molecular complexity index is 435. The van der Waals surface area contributed by atoms with Crippen molar-refractivity contribution in [1.29, 1.82) is 0 Å². The third kappa shape index (κ3) is 4.56. The molecule has 3 nitrogen and oxygen atoms in total. The molecule has 18 heavy (non-hydrogen) atoms. The molecule has 0 spiro atoms. The minimum Gasteiger partial charge on any atom is -0.481 e.